The van der Waals surface area contributed by atoms with E-state index in [-0.39, 0.29) is 5.91 Å². The Balaban J connectivity index is 1.48. The average Bonchev–Trinajstić information content (AvgIpc) is 2.86. The summed E-state index contributed by atoms with van der Waals surface area (Å²) in [6.45, 7) is 1.89. The number of nitrogens with zero attached hydrogens (tertiary/aromatic N) is 3. The monoisotopic (exact) mass is 416 g/mol. The quantitative estimate of drug-likeness (QED) is 0.306. The van der Waals surface area contributed by atoms with Crippen molar-refractivity contribution in [1.29, 1.82) is 0 Å². The standard InChI is InChI=1S/C27H20N4O/c1-18(20-13-12-19-7-2-3-8-21(19)15-20)30-31-27(32)24-16-26(22-9-6-14-28-17-22)29-25-11-5-4-10-23(24)25/h2-17H,1H3,(H,31,32). The van der Waals surface area contributed by atoms with E-state index in [0.29, 0.717) is 11.3 Å². The van der Waals surface area contributed by atoms with E-state index in [1.807, 2.05) is 61.5 Å². The van der Waals surface area contributed by atoms with Crippen molar-refractivity contribution in [3.8, 4) is 11.3 Å². The van der Waals surface area contributed by atoms with Gasteiger partial charge in [0.2, 0.25) is 0 Å². The summed E-state index contributed by atoms with van der Waals surface area (Å²) in [5.41, 5.74) is 7.22. The summed E-state index contributed by atoms with van der Waals surface area (Å²) in [6, 6.07) is 27.5. The van der Waals surface area contributed by atoms with E-state index in [1.54, 1.807) is 18.5 Å². The summed E-state index contributed by atoms with van der Waals surface area (Å²) < 4.78 is 0. The van der Waals surface area contributed by atoms with Crippen LogP contribution in [0, 0.1) is 0 Å². The zero-order valence-corrected chi connectivity index (χ0v) is 17.5. The van der Waals surface area contributed by atoms with E-state index in [4.69, 9.17) is 4.98 Å². The van der Waals surface area contributed by atoms with Gasteiger partial charge in [0.15, 0.2) is 0 Å². The summed E-state index contributed by atoms with van der Waals surface area (Å²) in [4.78, 5) is 22.0. The van der Waals surface area contributed by atoms with Crippen molar-refractivity contribution < 1.29 is 4.79 Å². The Morgan fingerprint density at radius 2 is 1.69 bits per heavy atom. The van der Waals surface area contributed by atoms with Crippen molar-refractivity contribution in [2.45, 2.75) is 6.92 Å². The number of carbonyl (C=O) groups is 1. The van der Waals surface area contributed by atoms with Crippen LogP contribution in [-0.4, -0.2) is 21.6 Å². The molecule has 1 N–H and O–H groups in total. The molecule has 5 nitrogen and oxygen atoms in total. The number of nitrogens with one attached hydrogen (secondary N) is 1. The van der Waals surface area contributed by atoms with Gasteiger partial charge >= 0.3 is 0 Å². The van der Waals surface area contributed by atoms with Crippen molar-refractivity contribution in [3.63, 3.8) is 0 Å². The first-order chi connectivity index (χ1) is 15.7. The van der Waals surface area contributed by atoms with E-state index < -0.39 is 0 Å². The molecule has 2 aromatic heterocycles. The van der Waals surface area contributed by atoms with E-state index in [1.165, 1.54) is 5.39 Å². The lowest BCUT2D eigenvalue weighted by Gasteiger charge is -2.09. The number of benzene rings is 3. The zero-order valence-electron chi connectivity index (χ0n) is 17.5. The minimum Gasteiger partial charge on any atom is -0.267 e. The molecule has 5 heteroatoms. The fraction of sp³-hybridized carbons (Fsp3) is 0.0370. The number of hydrogen-bond donors (Lipinski definition) is 1. The van der Waals surface area contributed by atoms with Gasteiger partial charge in [0, 0.05) is 23.3 Å². The van der Waals surface area contributed by atoms with Gasteiger partial charge in [0.05, 0.1) is 22.5 Å². The molecular weight excluding hydrogens is 396 g/mol. The van der Waals surface area contributed by atoms with Gasteiger partial charge < -0.3 is 0 Å². The molecule has 0 aliphatic heterocycles. The molecular formula is C27H20N4O. The lowest BCUT2D eigenvalue weighted by Crippen LogP contribution is -2.20. The molecule has 0 spiro atoms. The minimum atomic E-state index is -0.283. The van der Waals surface area contributed by atoms with Crippen molar-refractivity contribution >= 4 is 33.3 Å². The zero-order chi connectivity index (χ0) is 21.9. The molecule has 0 unspecified atom stereocenters. The smallest absolute Gasteiger partial charge is 0.267 e. The van der Waals surface area contributed by atoms with Crippen LogP contribution in [0.5, 0.6) is 0 Å². The number of carbonyl (C=O) groups excluding carboxylic acids is 1. The molecule has 5 rings (SSSR count). The van der Waals surface area contributed by atoms with Crippen molar-refractivity contribution in [2.24, 2.45) is 5.10 Å². The van der Waals surface area contributed by atoms with Crippen molar-refractivity contribution in [2.75, 3.05) is 0 Å². The molecule has 0 atom stereocenters. The van der Waals surface area contributed by atoms with Crippen LogP contribution in [0.4, 0.5) is 0 Å². The summed E-state index contributed by atoms with van der Waals surface area (Å²) in [7, 11) is 0. The maximum absolute atomic E-state index is 13.1. The molecule has 0 saturated heterocycles. The first-order valence-corrected chi connectivity index (χ1v) is 10.3. The van der Waals surface area contributed by atoms with Gasteiger partial charge in [-0.25, -0.2) is 10.4 Å². The Morgan fingerprint density at radius 3 is 2.53 bits per heavy atom. The number of amides is 1. The van der Waals surface area contributed by atoms with Crippen LogP contribution in [0.3, 0.4) is 0 Å². The maximum atomic E-state index is 13.1. The molecule has 154 valence electrons. The molecule has 0 aliphatic carbocycles. The predicted molar refractivity (Wildman–Crippen MR) is 129 cm³/mol. The lowest BCUT2D eigenvalue weighted by atomic mass is 10.0. The Hall–Kier alpha value is -4.38. The van der Waals surface area contributed by atoms with Crippen LogP contribution >= 0.6 is 0 Å². The lowest BCUT2D eigenvalue weighted by molar-refractivity contribution is 0.0956. The molecule has 5 aromatic rings. The molecule has 3 aromatic carbocycles. The Kier molecular flexibility index (Phi) is 5.14. The van der Waals surface area contributed by atoms with Crippen LogP contribution < -0.4 is 5.43 Å². The number of hydrazone groups is 1. The highest BCUT2D eigenvalue weighted by Crippen LogP contribution is 2.24. The molecule has 0 radical (unpaired) electrons. The Morgan fingerprint density at radius 1 is 0.875 bits per heavy atom. The minimum absolute atomic E-state index is 0.283. The van der Waals surface area contributed by atoms with Gasteiger partial charge in [-0.3, -0.25) is 9.78 Å². The van der Waals surface area contributed by atoms with Gasteiger partial charge in [0.1, 0.15) is 0 Å². The van der Waals surface area contributed by atoms with Crippen LogP contribution in [0.25, 0.3) is 32.9 Å². The fourth-order valence-corrected chi connectivity index (χ4v) is 3.70. The second-order valence-electron chi connectivity index (χ2n) is 7.51. The van der Waals surface area contributed by atoms with Crippen LogP contribution in [-0.2, 0) is 0 Å². The number of pyridine rings is 2. The highest BCUT2D eigenvalue weighted by molar-refractivity contribution is 6.08. The first-order valence-electron chi connectivity index (χ1n) is 10.3. The van der Waals surface area contributed by atoms with Crippen LogP contribution in [0.15, 0.2) is 102 Å². The average molecular weight is 416 g/mol. The summed E-state index contributed by atoms with van der Waals surface area (Å²) >= 11 is 0. The normalized spacial score (nSPS) is 11.6. The maximum Gasteiger partial charge on any atom is 0.272 e. The number of rotatable bonds is 4. The number of hydrogen-bond acceptors (Lipinski definition) is 4. The van der Waals surface area contributed by atoms with Gasteiger partial charge in [-0.05, 0) is 53.6 Å². The largest absolute Gasteiger partial charge is 0.272 e. The highest BCUT2D eigenvalue weighted by Gasteiger charge is 2.14. The number of fused-ring (bicyclic) bond motifs is 2. The fourth-order valence-electron chi connectivity index (χ4n) is 3.70. The van der Waals surface area contributed by atoms with E-state index in [2.05, 4.69) is 39.8 Å². The predicted octanol–water partition coefficient (Wildman–Crippen LogP) is 5.60. The molecule has 2 heterocycles. The molecule has 32 heavy (non-hydrogen) atoms. The van der Waals surface area contributed by atoms with Crippen LogP contribution in [0.2, 0.25) is 0 Å². The molecule has 0 aliphatic rings. The summed E-state index contributed by atoms with van der Waals surface area (Å²) in [6.07, 6.45) is 3.45. The Labute approximate surface area is 185 Å². The van der Waals surface area contributed by atoms with Crippen LogP contribution in [0.1, 0.15) is 22.8 Å². The molecule has 0 bridgehead atoms. The van der Waals surface area contributed by atoms with Crippen molar-refractivity contribution in [1.82, 2.24) is 15.4 Å². The van der Waals surface area contributed by atoms with Gasteiger partial charge in [-0.15, -0.1) is 0 Å². The van der Waals surface area contributed by atoms with E-state index in [9.17, 15) is 4.79 Å². The second-order valence-corrected chi connectivity index (χ2v) is 7.51. The number of para-hydroxylation sites is 1. The SMILES string of the molecule is CC(=NNC(=O)c1cc(-c2cccnc2)nc2ccccc12)c1ccc2ccccc2c1. The van der Waals surface area contributed by atoms with Crippen molar-refractivity contribution in [3.05, 3.63) is 108 Å². The third-order valence-corrected chi connectivity index (χ3v) is 5.41. The van der Waals surface area contributed by atoms with Gasteiger partial charge in [0.25, 0.3) is 5.91 Å². The van der Waals surface area contributed by atoms with Gasteiger partial charge in [-0.1, -0.05) is 54.6 Å². The third-order valence-electron chi connectivity index (χ3n) is 5.41. The number of aromatic nitrogens is 2. The first kappa shape index (κ1) is 19.6. The molecule has 0 fully saturated rings. The van der Waals surface area contributed by atoms with E-state index in [0.717, 1.165) is 33.1 Å². The highest BCUT2D eigenvalue weighted by atomic mass is 16.2. The second kappa shape index (κ2) is 8.40. The van der Waals surface area contributed by atoms with Gasteiger partial charge in [-0.2, -0.15) is 5.10 Å². The Bertz CT molecular complexity index is 1480. The third kappa shape index (κ3) is 3.84. The summed E-state index contributed by atoms with van der Waals surface area (Å²) in [5, 5.41) is 7.44. The molecule has 0 saturated carbocycles. The molecule has 1 amide bonds. The summed E-state index contributed by atoms with van der Waals surface area (Å²) in [5.74, 6) is -0.283. The topological polar surface area (TPSA) is 67.2 Å². The van der Waals surface area contributed by atoms with E-state index >= 15 is 0 Å².